The molecule has 86 valence electrons. The van der Waals surface area contributed by atoms with Crippen LogP contribution in [0.2, 0.25) is 18.1 Å². The molecule has 0 unspecified atom stereocenters. The highest BCUT2D eigenvalue weighted by Crippen LogP contribution is 2.36. The summed E-state index contributed by atoms with van der Waals surface area (Å²) in [7, 11) is -1.33. The molecule has 0 aromatic heterocycles. The summed E-state index contributed by atoms with van der Waals surface area (Å²) < 4.78 is 0. The molecule has 0 bridgehead atoms. The summed E-state index contributed by atoms with van der Waals surface area (Å²) in [5, 5.41) is 0.393. The second-order valence-corrected chi connectivity index (χ2v) is 11.1. The third-order valence-electron chi connectivity index (χ3n) is 3.43. The van der Waals surface area contributed by atoms with E-state index in [2.05, 4.69) is 75.6 Å². The summed E-state index contributed by atoms with van der Waals surface area (Å²) in [6.45, 7) is 11.7. The van der Waals surface area contributed by atoms with Crippen LogP contribution >= 0.6 is 0 Å². The first-order valence-electron chi connectivity index (χ1n) is 5.82. The molecule has 1 heteroatoms. The van der Waals surface area contributed by atoms with Crippen LogP contribution < -0.4 is 0 Å². The molecule has 0 aliphatic heterocycles. The van der Waals surface area contributed by atoms with Crippen molar-refractivity contribution in [1.29, 1.82) is 0 Å². The van der Waals surface area contributed by atoms with Crippen LogP contribution in [0.4, 0.5) is 0 Å². The fraction of sp³-hybridized carbons (Fsp3) is 0.400. The van der Waals surface area contributed by atoms with E-state index in [0.29, 0.717) is 5.04 Å². The van der Waals surface area contributed by atoms with Crippen LogP contribution in [-0.4, -0.2) is 8.07 Å². The van der Waals surface area contributed by atoms with Crippen molar-refractivity contribution in [3.8, 4) is 0 Å². The van der Waals surface area contributed by atoms with Crippen molar-refractivity contribution in [3.05, 3.63) is 47.3 Å². The summed E-state index contributed by atoms with van der Waals surface area (Å²) in [5.74, 6) is 0. The molecule has 0 nitrogen and oxygen atoms in total. The molecule has 0 saturated heterocycles. The number of benzene rings is 1. The van der Waals surface area contributed by atoms with Gasteiger partial charge in [0, 0.05) is 0 Å². The van der Waals surface area contributed by atoms with E-state index in [1.54, 1.807) is 0 Å². The third-order valence-corrected chi connectivity index (χ3v) is 8.18. The maximum Gasteiger partial charge on any atom is 0.0865 e. The van der Waals surface area contributed by atoms with Crippen LogP contribution in [0.25, 0.3) is 6.08 Å². The number of rotatable bonds is 2. The van der Waals surface area contributed by atoms with Crippen LogP contribution in [-0.2, 0) is 0 Å². The highest BCUT2D eigenvalue weighted by molar-refractivity contribution is 6.84. The van der Waals surface area contributed by atoms with E-state index in [1.165, 1.54) is 5.56 Å². The van der Waals surface area contributed by atoms with Gasteiger partial charge in [0.1, 0.15) is 0 Å². The van der Waals surface area contributed by atoms with Gasteiger partial charge < -0.3 is 0 Å². The van der Waals surface area contributed by atoms with Crippen molar-refractivity contribution in [2.45, 2.75) is 38.9 Å². The molecule has 0 radical (unpaired) electrons. The van der Waals surface area contributed by atoms with E-state index in [1.807, 2.05) is 6.07 Å². The average Bonchev–Trinajstić information content (AvgIpc) is 2.17. The molecule has 0 amide bonds. The highest BCUT2D eigenvalue weighted by atomic mass is 28.3. The fourth-order valence-electron chi connectivity index (χ4n) is 1.11. The molecule has 0 N–H and O–H groups in total. The zero-order chi connectivity index (χ0) is 12.2. The third kappa shape index (κ3) is 3.51. The smallest absolute Gasteiger partial charge is 0.0865 e. The summed E-state index contributed by atoms with van der Waals surface area (Å²) in [6, 6.07) is 10.4. The Morgan fingerprint density at radius 2 is 1.62 bits per heavy atom. The minimum Gasteiger partial charge on any atom is -0.129 e. The zero-order valence-corrected chi connectivity index (χ0v) is 12.0. The molecule has 0 saturated carbocycles. The summed E-state index contributed by atoms with van der Waals surface area (Å²) in [4.78, 5) is 0. The van der Waals surface area contributed by atoms with Gasteiger partial charge in [-0.2, -0.15) is 0 Å². The number of hydrogen-bond acceptors (Lipinski definition) is 0. The van der Waals surface area contributed by atoms with Gasteiger partial charge in [0.15, 0.2) is 0 Å². The Morgan fingerprint density at radius 3 is 2.12 bits per heavy atom. The van der Waals surface area contributed by atoms with E-state index < -0.39 is 8.07 Å². The van der Waals surface area contributed by atoms with E-state index in [0.717, 1.165) is 0 Å². The minimum absolute atomic E-state index is 0.393. The monoisotopic (exact) mass is 230 g/mol. The normalized spacial score (nSPS) is 11.8. The second kappa shape index (κ2) is 4.86. The molecule has 0 aliphatic carbocycles. The Morgan fingerprint density at radius 1 is 1.06 bits per heavy atom. The minimum atomic E-state index is -1.33. The zero-order valence-electron chi connectivity index (χ0n) is 11.0. The van der Waals surface area contributed by atoms with Gasteiger partial charge in [0.05, 0.1) is 8.07 Å². The molecule has 1 aromatic rings. The van der Waals surface area contributed by atoms with E-state index >= 15 is 0 Å². The topological polar surface area (TPSA) is 0 Å². The Bertz CT molecular complexity index is 387. The largest absolute Gasteiger partial charge is 0.129 e. The van der Waals surface area contributed by atoms with Gasteiger partial charge in [0.25, 0.3) is 0 Å². The molecule has 1 rings (SSSR count). The molecular formula is C15H22Si. The van der Waals surface area contributed by atoms with Gasteiger partial charge in [-0.1, -0.05) is 69.9 Å². The van der Waals surface area contributed by atoms with Crippen LogP contribution in [0.1, 0.15) is 26.3 Å². The highest BCUT2D eigenvalue weighted by Gasteiger charge is 2.32. The molecule has 0 atom stereocenters. The Kier molecular flexibility index (Phi) is 3.96. The van der Waals surface area contributed by atoms with Crippen molar-refractivity contribution in [3.63, 3.8) is 0 Å². The fourth-order valence-corrected chi connectivity index (χ4v) is 2.05. The van der Waals surface area contributed by atoms with Crippen LogP contribution in [0.5, 0.6) is 0 Å². The lowest BCUT2D eigenvalue weighted by Gasteiger charge is -2.33. The average molecular weight is 230 g/mol. The lowest BCUT2D eigenvalue weighted by Crippen LogP contribution is -2.34. The van der Waals surface area contributed by atoms with Crippen LogP contribution in [0.3, 0.4) is 0 Å². The standard InChI is InChI=1S/C15H22Si/c1-15(2,3)16(4,5)13-9-12-14-10-7-6-8-11-14/h6-8,10-13H,1-5H3. The first kappa shape index (κ1) is 13.0. The Labute approximate surface area is 101 Å². The first-order valence-corrected chi connectivity index (χ1v) is 8.89. The molecule has 0 fully saturated rings. The first-order chi connectivity index (χ1) is 7.33. The van der Waals surface area contributed by atoms with Gasteiger partial charge in [-0.25, -0.2) is 0 Å². The van der Waals surface area contributed by atoms with E-state index in [-0.39, 0.29) is 0 Å². The molecule has 0 heterocycles. The molecule has 0 spiro atoms. The van der Waals surface area contributed by atoms with Crippen molar-refractivity contribution in [2.24, 2.45) is 0 Å². The summed E-state index contributed by atoms with van der Waals surface area (Å²) in [5.41, 5.74) is 6.89. The molecule has 1 aromatic carbocycles. The van der Waals surface area contributed by atoms with Gasteiger partial charge in [-0.05, 0) is 16.7 Å². The quantitative estimate of drug-likeness (QED) is 0.500. The Balaban J connectivity index is 2.86. The predicted molar refractivity (Wildman–Crippen MR) is 76.2 cm³/mol. The van der Waals surface area contributed by atoms with Gasteiger partial charge >= 0.3 is 0 Å². The van der Waals surface area contributed by atoms with E-state index in [9.17, 15) is 0 Å². The predicted octanol–water partition coefficient (Wildman–Crippen LogP) is 4.90. The Hall–Kier alpha value is -1.04. The van der Waals surface area contributed by atoms with Gasteiger partial charge in [-0.3, -0.25) is 0 Å². The maximum absolute atomic E-state index is 3.36. The van der Waals surface area contributed by atoms with Crippen molar-refractivity contribution in [2.75, 3.05) is 0 Å². The molecule has 16 heavy (non-hydrogen) atoms. The van der Waals surface area contributed by atoms with Crippen LogP contribution in [0, 0.1) is 0 Å². The number of hydrogen-bond donors (Lipinski definition) is 0. The lowest BCUT2D eigenvalue weighted by molar-refractivity contribution is 0.729. The second-order valence-electron chi connectivity index (χ2n) is 5.84. The van der Waals surface area contributed by atoms with Crippen molar-refractivity contribution < 1.29 is 0 Å². The summed E-state index contributed by atoms with van der Waals surface area (Å²) >= 11 is 0. The summed E-state index contributed by atoms with van der Waals surface area (Å²) in [6.07, 6.45) is 2.07. The lowest BCUT2D eigenvalue weighted by atomic mass is 10.2. The van der Waals surface area contributed by atoms with Crippen molar-refractivity contribution >= 4 is 14.1 Å². The van der Waals surface area contributed by atoms with E-state index in [4.69, 9.17) is 0 Å². The van der Waals surface area contributed by atoms with Gasteiger partial charge in [0.2, 0.25) is 0 Å². The maximum atomic E-state index is 3.36. The molecular weight excluding hydrogens is 208 g/mol. The molecule has 0 aliphatic rings. The van der Waals surface area contributed by atoms with Gasteiger partial charge in [-0.15, -0.1) is 5.73 Å². The SMILES string of the molecule is CC(C)(C)[Si](C)(C)C=C=Cc1ccccc1. The van der Waals surface area contributed by atoms with Crippen molar-refractivity contribution in [1.82, 2.24) is 0 Å². The van der Waals surface area contributed by atoms with Crippen LogP contribution in [0.15, 0.2) is 41.8 Å².